The second-order valence-electron chi connectivity index (χ2n) is 6.21. The Morgan fingerprint density at radius 2 is 1.76 bits per heavy atom. The van der Waals surface area contributed by atoms with Crippen LogP contribution in [0.2, 0.25) is 5.02 Å². The molecule has 2 aromatic rings. The van der Waals surface area contributed by atoms with Crippen LogP contribution < -0.4 is 10.0 Å². The Morgan fingerprint density at radius 3 is 2.36 bits per heavy atom. The minimum Gasteiger partial charge on any atom is -0.326 e. The summed E-state index contributed by atoms with van der Waals surface area (Å²) in [5.74, 6) is -0.313. The maximum Gasteiger partial charge on any atom is 0.263 e. The van der Waals surface area contributed by atoms with Crippen LogP contribution in [0, 0.1) is 19.8 Å². The van der Waals surface area contributed by atoms with Crippen LogP contribution in [-0.2, 0) is 14.8 Å². The zero-order chi connectivity index (χ0) is 18.8. The standard InChI is InChI=1S/C18H21ClN2O3S/c1-11(2)18(22)20-14-7-6-13(4)16(10-14)21-25(23,24)17-8-5-12(3)9-15(17)19/h5-11,21H,1-4H3,(H,20,22). The number of anilines is 2. The predicted octanol–water partition coefficient (Wildman–Crippen LogP) is 4.35. The molecule has 5 nitrogen and oxygen atoms in total. The van der Waals surface area contributed by atoms with Gasteiger partial charge in [0.25, 0.3) is 10.0 Å². The second-order valence-corrected chi connectivity index (χ2v) is 8.27. The van der Waals surface area contributed by atoms with Gasteiger partial charge < -0.3 is 5.32 Å². The minimum absolute atomic E-state index is 0.00999. The van der Waals surface area contributed by atoms with Crippen molar-refractivity contribution in [3.05, 3.63) is 52.5 Å². The highest BCUT2D eigenvalue weighted by Crippen LogP contribution is 2.27. The third-order valence-electron chi connectivity index (χ3n) is 3.65. The lowest BCUT2D eigenvalue weighted by molar-refractivity contribution is -0.118. The number of carbonyl (C=O) groups is 1. The smallest absolute Gasteiger partial charge is 0.263 e. The molecule has 0 saturated carbocycles. The highest BCUT2D eigenvalue weighted by molar-refractivity contribution is 7.92. The first-order valence-corrected chi connectivity index (χ1v) is 9.67. The number of benzene rings is 2. The third-order valence-corrected chi connectivity index (χ3v) is 5.50. The Kier molecular flexibility index (Phi) is 5.75. The van der Waals surface area contributed by atoms with Gasteiger partial charge in [-0.05, 0) is 49.2 Å². The molecule has 0 aliphatic rings. The Hall–Kier alpha value is -2.05. The molecule has 0 saturated heterocycles. The summed E-state index contributed by atoms with van der Waals surface area (Å²) in [6.07, 6.45) is 0. The molecule has 25 heavy (non-hydrogen) atoms. The molecule has 0 aromatic heterocycles. The highest BCUT2D eigenvalue weighted by Gasteiger charge is 2.19. The monoisotopic (exact) mass is 380 g/mol. The van der Waals surface area contributed by atoms with E-state index in [1.165, 1.54) is 6.07 Å². The zero-order valence-corrected chi connectivity index (χ0v) is 16.1. The van der Waals surface area contributed by atoms with Gasteiger partial charge in [-0.15, -0.1) is 0 Å². The van der Waals surface area contributed by atoms with Crippen molar-refractivity contribution in [3.8, 4) is 0 Å². The van der Waals surface area contributed by atoms with Crippen LogP contribution in [0.4, 0.5) is 11.4 Å². The second kappa shape index (κ2) is 7.45. The van der Waals surface area contributed by atoms with Crippen molar-refractivity contribution in [2.24, 2.45) is 5.92 Å². The van der Waals surface area contributed by atoms with Gasteiger partial charge in [-0.1, -0.05) is 37.6 Å². The highest BCUT2D eigenvalue weighted by atomic mass is 35.5. The molecule has 0 bridgehead atoms. The summed E-state index contributed by atoms with van der Waals surface area (Å²) in [5, 5.41) is 2.92. The molecule has 0 fully saturated rings. The van der Waals surface area contributed by atoms with Crippen molar-refractivity contribution >= 4 is 38.9 Å². The lowest BCUT2D eigenvalue weighted by atomic mass is 10.1. The van der Waals surface area contributed by atoms with Gasteiger partial charge in [0.15, 0.2) is 0 Å². The number of rotatable bonds is 5. The molecule has 0 unspecified atom stereocenters. The topological polar surface area (TPSA) is 75.3 Å². The SMILES string of the molecule is Cc1ccc(S(=O)(=O)Nc2cc(NC(=O)C(C)C)ccc2C)c(Cl)c1. The number of aryl methyl sites for hydroxylation is 2. The fourth-order valence-electron chi connectivity index (χ4n) is 2.12. The fourth-order valence-corrected chi connectivity index (χ4v) is 3.84. The van der Waals surface area contributed by atoms with E-state index in [0.29, 0.717) is 11.4 Å². The summed E-state index contributed by atoms with van der Waals surface area (Å²) in [4.78, 5) is 11.8. The first-order valence-electron chi connectivity index (χ1n) is 7.80. The van der Waals surface area contributed by atoms with Gasteiger partial charge in [-0.2, -0.15) is 0 Å². The largest absolute Gasteiger partial charge is 0.326 e. The normalized spacial score (nSPS) is 11.4. The number of nitrogens with one attached hydrogen (secondary N) is 2. The molecule has 2 rings (SSSR count). The predicted molar refractivity (Wildman–Crippen MR) is 102 cm³/mol. The van der Waals surface area contributed by atoms with Gasteiger partial charge in [0.2, 0.25) is 5.91 Å². The molecule has 0 aliphatic carbocycles. The van der Waals surface area contributed by atoms with E-state index in [9.17, 15) is 13.2 Å². The van der Waals surface area contributed by atoms with E-state index in [-0.39, 0.29) is 21.7 Å². The zero-order valence-electron chi connectivity index (χ0n) is 14.6. The molecule has 2 aromatic carbocycles. The van der Waals surface area contributed by atoms with Crippen LogP contribution >= 0.6 is 11.6 Å². The van der Waals surface area contributed by atoms with E-state index < -0.39 is 10.0 Å². The van der Waals surface area contributed by atoms with Crippen LogP contribution in [0.3, 0.4) is 0 Å². The third kappa shape index (κ3) is 4.74. The minimum atomic E-state index is -3.84. The molecular formula is C18H21ClN2O3S. The van der Waals surface area contributed by atoms with Crippen molar-refractivity contribution in [1.29, 1.82) is 0 Å². The molecular weight excluding hydrogens is 360 g/mol. The van der Waals surface area contributed by atoms with E-state index in [1.807, 2.05) is 6.92 Å². The first-order chi connectivity index (χ1) is 11.6. The van der Waals surface area contributed by atoms with E-state index in [0.717, 1.165) is 11.1 Å². The lowest BCUT2D eigenvalue weighted by Crippen LogP contribution is -2.18. The molecule has 134 valence electrons. The molecule has 0 aliphatic heterocycles. The van der Waals surface area contributed by atoms with Crippen LogP contribution in [0.1, 0.15) is 25.0 Å². The number of sulfonamides is 1. The van der Waals surface area contributed by atoms with Gasteiger partial charge >= 0.3 is 0 Å². The van der Waals surface area contributed by atoms with Gasteiger partial charge in [0.1, 0.15) is 4.90 Å². The Bertz CT molecular complexity index is 909. The Balaban J connectivity index is 2.34. The van der Waals surface area contributed by atoms with Crippen molar-refractivity contribution in [3.63, 3.8) is 0 Å². The van der Waals surface area contributed by atoms with Crippen molar-refractivity contribution in [1.82, 2.24) is 0 Å². The summed E-state index contributed by atoms with van der Waals surface area (Å²) >= 11 is 6.08. The van der Waals surface area contributed by atoms with E-state index in [1.54, 1.807) is 51.1 Å². The van der Waals surface area contributed by atoms with E-state index in [2.05, 4.69) is 10.0 Å². The number of amides is 1. The van der Waals surface area contributed by atoms with Gasteiger partial charge in [-0.3, -0.25) is 9.52 Å². The molecule has 1 amide bonds. The lowest BCUT2D eigenvalue weighted by Gasteiger charge is -2.14. The molecule has 0 heterocycles. The first kappa shape index (κ1) is 19.3. The molecule has 0 radical (unpaired) electrons. The molecule has 0 spiro atoms. The summed E-state index contributed by atoms with van der Waals surface area (Å²) < 4.78 is 27.8. The molecule has 7 heteroatoms. The van der Waals surface area contributed by atoms with Crippen LogP contribution in [-0.4, -0.2) is 14.3 Å². The average molecular weight is 381 g/mol. The maximum absolute atomic E-state index is 12.6. The van der Waals surface area contributed by atoms with Crippen molar-refractivity contribution in [2.75, 3.05) is 10.0 Å². The Labute approximate surface area is 153 Å². The molecule has 2 N–H and O–H groups in total. The number of hydrogen-bond acceptors (Lipinski definition) is 3. The van der Waals surface area contributed by atoms with Crippen LogP contribution in [0.25, 0.3) is 0 Å². The van der Waals surface area contributed by atoms with Crippen molar-refractivity contribution in [2.45, 2.75) is 32.6 Å². The van der Waals surface area contributed by atoms with E-state index in [4.69, 9.17) is 11.6 Å². The van der Waals surface area contributed by atoms with Gasteiger partial charge in [0.05, 0.1) is 10.7 Å². The number of hydrogen-bond donors (Lipinski definition) is 2. The Morgan fingerprint density at radius 1 is 1.08 bits per heavy atom. The summed E-state index contributed by atoms with van der Waals surface area (Å²) in [6.45, 7) is 7.18. The summed E-state index contributed by atoms with van der Waals surface area (Å²) in [6, 6.07) is 9.82. The quantitative estimate of drug-likeness (QED) is 0.809. The van der Waals surface area contributed by atoms with Crippen LogP contribution in [0.5, 0.6) is 0 Å². The number of halogens is 1. The molecule has 0 atom stereocenters. The summed E-state index contributed by atoms with van der Waals surface area (Å²) in [7, 11) is -3.84. The average Bonchev–Trinajstić information content (AvgIpc) is 2.49. The number of carbonyl (C=O) groups excluding carboxylic acids is 1. The fraction of sp³-hybridized carbons (Fsp3) is 0.278. The van der Waals surface area contributed by atoms with Crippen LogP contribution in [0.15, 0.2) is 41.3 Å². The van der Waals surface area contributed by atoms with Gasteiger partial charge in [0, 0.05) is 11.6 Å². The maximum atomic E-state index is 12.6. The summed E-state index contributed by atoms with van der Waals surface area (Å²) in [5.41, 5.74) is 2.52. The van der Waals surface area contributed by atoms with Gasteiger partial charge in [-0.25, -0.2) is 8.42 Å². The van der Waals surface area contributed by atoms with Crippen molar-refractivity contribution < 1.29 is 13.2 Å². The van der Waals surface area contributed by atoms with E-state index >= 15 is 0 Å².